The van der Waals surface area contributed by atoms with Crippen molar-refractivity contribution in [3.05, 3.63) is 63.3 Å². The smallest absolute Gasteiger partial charge is 0.291 e. The van der Waals surface area contributed by atoms with Gasteiger partial charge in [0, 0.05) is 26.2 Å². The number of amides is 2. The molecule has 158 valence electrons. The van der Waals surface area contributed by atoms with Gasteiger partial charge in [-0.05, 0) is 37.3 Å². The lowest BCUT2D eigenvalue weighted by molar-refractivity contribution is 0.0822. The van der Waals surface area contributed by atoms with Gasteiger partial charge < -0.3 is 19.4 Å². The summed E-state index contributed by atoms with van der Waals surface area (Å²) in [6, 6.07) is 8.03. The molecule has 1 N–H and O–H groups in total. The molecular formula is C20H20Cl2N4O4. The van der Waals surface area contributed by atoms with Crippen LogP contribution < -0.4 is 10.1 Å². The third-order valence-corrected chi connectivity index (χ3v) is 4.86. The minimum atomic E-state index is -0.505. The number of benzene rings is 1. The molecular weight excluding hydrogens is 431 g/mol. The summed E-state index contributed by atoms with van der Waals surface area (Å²) < 4.78 is 12.7. The highest BCUT2D eigenvalue weighted by Gasteiger charge is 2.24. The van der Waals surface area contributed by atoms with E-state index in [1.54, 1.807) is 52.3 Å². The monoisotopic (exact) mass is 450 g/mol. The Morgan fingerprint density at radius 1 is 1.23 bits per heavy atom. The van der Waals surface area contributed by atoms with Crippen molar-refractivity contribution >= 4 is 40.7 Å². The highest BCUT2D eigenvalue weighted by molar-refractivity contribution is 6.35. The SMILES string of the molecule is Cc1c(NC(=O)c2ccc(COc3ccc(Cl)cc3Cl)o2)c(C(=O)N(C)C)nn1C. The molecule has 30 heavy (non-hydrogen) atoms. The highest BCUT2D eigenvalue weighted by Crippen LogP contribution is 2.28. The summed E-state index contributed by atoms with van der Waals surface area (Å²) in [5.41, 5.74) is 1.13. The topological polar surface area (TPSA) is 89.6 Å². The van der Waals surface area contributed by atoms with E-state index in [9.17, 15) is 9.59 Å². The molecule has 2 heterocycles. The number of hydrogen-bond donors (Lipinski definition) is 1. The number of nitrogens with one attached hydrogen (secondary N) is 1. The van der Waals surface area contributed by atoms with E-state index in [1.165, 1.54) is 15.6 Å². The number of furan rings is 1. The van der Waals surface area contributed by atoms with E-state index in [-0.39, 0.29) is 24.0 Å². The van der Waals surface area contributed by atoms with Crippen molar-refractivity contribution in [2.24, 2.45) is 7.05 Å². The van der Waals surface area contributed by atoms with Crippen LogP contribution in [0.1, 0.15) is 32.5 Å². The number of rotatable bonds is 6. The predicted molar refractivity (Wildman–Crippen MR) is 113 cm³/mol. The quantitative estimate of drug-likeness (QED) is 0.608. The Kier molecular flexibility index (Phi) is 6.38. The molecule has 0 radical (unpaired) electrons. The van der Waals surface area contributed by atoms with Crippen molar-refractivity contribution in [1.29, 1.82) is 0 Å². The molecule has 0 aliphatic heterocycles. The maximum absolute atomic E-state index is 12.7. The van der Waals surface area contributed by atoms with Crippen molar-refractivity contribution in [2.45, 2.75) is 13.5 Å². The molecule has 2 aromatic heterocycles. The van der Waals surface area contributed by atoms with Gasteiger partial charge in [0.05, 0.1) is 16.4 Å². The summed E-state index contributed by atoms with van der Waals surface area (Å²) in [4.78, 5) is 26.4. The van der Waals surface area contributed by atoms with Gasteiger partial charge in [-0.1, -0.05) is 23.2 Å². The summed E-state index contributed by atoms with van der Waals surface area (Å²) >= 11 is 11.9. The van der Waals surface area contributed by atoms with Crippen LogP contribution in [0.15, 0.2) is 34.7 Å². The average Bonchev–Trinajstić information content (AvgIpc) is 3.27. The number of carbonyl (C=O) groups is 2. The first-order valence-electron chi connectivity index (χ1n) is 8.90. The van der Waals surface area contributed by atoms with Crippen LogP contribution >= 0.6 is 23.2 Å². The van der Waals surface area contributed by atoms with E-state index in [4.69, 9.17) is 32.4 Å². The molecule has 0 saturated carbocycles. The highest BCUT2D eigenvalue weighted by atomic mass is 35.5. The Morgan fingerprint density at radius 2 is 1.97 bits per heavy atom. The molecule has 3 aromatic rings. The van der Waals surface area contributed by atoms with Gasteiger partial charge in [-0.15, -0.1) is 0 Å². The Labute approximate surface area is 183 Å². The molecule has 0 unspecified atom stereocenters. The Balaban J connectivity index is 1.72. The van der Waals surface area contributed by atoms with E-state index < -0.39 is 5.91 Å². The number of carbonyl (C=O) groups excluding carboxylic acids is 2. The number of nitrogens with zero attached hydrogens (tertiary/aromatic N) is 3. The molecule has 0 spiro atoms. The van der Waals surface area contributed by atoms with E-state index in [0.29, 0.717) is 32.9 Å². The first kappa shape index (κ1) is 21.7. The second-order valence-electron chi connectivity index (χ2n) is 6.72. The number of anilines is 1. The molecule has 1 aromatic carbocycles. The van der Waals surface area contributed by atoms with Gasteiger partial charge in [-0.25, -0.2) is 0 Å². The molecule has 0 aliphatic rings. The molecule has 0 atom stereocenters. The summed E-state index contributed by atoms with van der Waals surface area (Å²) in [7, 11) is 4.93. The summed E-state index contributed by atoms with van der Waals surface area (Å²) in [5.74, 6) is 0.124. The zero-order valence-electron chi connectivity index (χ0n) is 16.8. The zero-order valence-corrected chi connectivity index (χ0v) is 18.3. The molecule has 0 aliphatic carbocycles. The van der Waals surface area contributed by atoms with Crippen molar-refractivity contribution in [3.8, 4) is 5.75 Å². The maximum atomic E-state index is 12.7. The number of halogens is 2. The predicted octanol–water partition coefficient (Wildman–Crippen LogP) is 4.16. The van der Waals surface area contributed by atoms with Crippen LogP contribution in [0.25, 0.3) is 0 Å². The fraction of sp³-hybridized carbons (Fsp3) is 0.250. The van der Waals surface area contributed by atoms with Gasteiger partial charge in [0.2, 0.25) is 0 Å². The van der Waals surface area contributed by atoms with Crippen molar-refractivity contribution in [1.82, 2.24) is 14.7 Å². The average molecular weight is 451 g/mol. The van der Waals surface area contributed by atoms with Crippen molar-refractivity contribution < 1.29 is 18.7 Å². The van der Waals surface area contributed by atoms with Gasteiger partial charge >= 0.3 is 0 Å². The van der Waals surface area contributed by atoms with Gasteiger partial charge in [0.15, 0.2) is 11.5 Å². The van der Waals surface area contributed by atoms with Crippen LogP contribution in [0.3, 0.4) is 0 Å². The fourth-order valence-electron chi connectivity index (χ4n) is 2.61. The first-order valence-corrected chi connectivity index (χ1v) is 9.66. The van der Waals surface area contributed by atoms with Crippen LogP contribution in [0.5, 0.6) is 5.75 Å². The van der Waals surface area contributed by atoms with E-state index in [2.05, 4.69) is 10.4 Å². The second kappa shape index (κ2) is 8.81. The maximum Gasteiger partial charge on any atom is 0.291 e. The molecule has 0 fully saturated rings. The molecule has 10 heteroatoms. The largest absolute Gasteiger partial charge is 0.484 e. The van der Waals surface area contributed by atoms with Crippen LogP contribution in [-0.2, 0) is 13.7 Å². The molecule has 0 saturated heterocycles. The van der Waals surface area contributed by atoms with Gasteiger partial charge in [-0.3, -0.25) is 14.3 Å². The van der Waals surface area contributed by atoms with Crippen LogP contribution in [0, 0.1) is 6.92 Å². The summed E-state index contributed by atoms with van der Waals surface area (Å²) in [5, 5.41) is 7.79. The fourth-order valence-corrected chi connectivity index (χ4v) is 3.08. The number of aromatic nitrogens is 2. The third kappa shape index (κ3) is 4.60. The molecule has 3 rings (SSSR count). The van der Waals surface area contributed by atoms with Crippen LogP contribution in [0.2, 0.25) is 10.0 Å². The first-order chi connectivity index (χ1) is 14.2. The minimum Gasteiger partial charge on any atom is -0.484 e. The number of ether oxygens (including phenoxy) is 1. The standard InChI is InChI=1S/C20H20Cl2N4O4/c1-11-17(18(24-26(11)4)20(28)25(2)3)23-19(27)16-8-6-13(30-16)10-29-15-7-5-12(21)9-14(15)22/h5-9H,10H2,1-4H3,(H,23,27). The van der Waals surface area contributed by atoms with Crippen molar-refractivity contribution in [3.63, 3.8) is 0 Å². The lowest BCUT2D eigenvalue weighted by Gasteiger charge is -2.10. The third-order valence-electron chi connectivity index (χ3n) is 4.33. The Hall–Kier alpha value is -2.97. The second-order valence-corrected chi connectivity index (χ2v) is 7.56. The number of aryl methyl sites for hydroxylation is 1. The Bertz CT molecular complexity index is 1100. The van der Waals surface area contributed by atoms with E-state index in [1.807, 2.05) is 0 Å². The molecule has 0 bridgehead atoms. The summed E-state index contributed by atoms with van der Waals surface area (Å²) in [6.07, 6.45) is 0. The molecule has 8 nitrogen and oxygen atoms in total. The van der Waals surface area contributed by atoms with Crippen LogP contribution in [-0.4, -0.2) is 40.6 Å². The lowest BCUT2D eigenvalue weighted by Crippen LogP contribution is -2.24. The van der Waals surface area contributed by atoms with E-state index >= 15 is 0 Å². The van der Waals surface area contributed by atoms with Crippen LogP contribution in [0.4, 0.5) is 5.69 Å². The van der Waals surface area contributed by atoms with E-state index in [0.717, 1.165) is 0 Å². The van der Waals surface area contributed by atoms with Crippen molar-refractivity contribution in [2.75, 3.05) is 19.4 Å². The summed E-state index contributed by atoms with van der Waals surface area (Å²) in [6.45, 7) is 1.83. The minimum absolute atomic E-state index is 0.0716. The van der Waals surface area contributed by atoms with Gasteiger partial charge in [0.1, 0.15) is 18.1 Å². The van der Waals surface area contributed by atoms with Gasteiger partial charge in [0.25, 0.3) is 11.8 Å². The Morgan fingerprint density at radius 3 is 2.63 bits per heavy atom. The zero-order chi connectivity index (χ0) is 22.0. The van der Waals surface area contributed by atoms with Gasteiger partial charge in [-0.2, -0.15) is 5.10 Å². The normalized spacial score (nSPS) is 10.7. The lowest BCUT2D eigenvalue weighted by atomic mass is 10.2. The molecule has 2 amide bonds. The number of hydrogen-bond acceptors (Lipinski definition) is 5.